The highest BCUT2D eigenvalue weighted by atomic mass is 16.5. The molecule has 0 aromatic heterocycles. The summed E-state index contributed by atoms with van der Waals surface area (Å²) in [5.74, 6) is 0.484. The predicted molar refractivity (Wildman–Crippen MR) is 73.0 cm³/mol. The molecule has 20 heavy (non-hydrogen) atoms. The Labute approximate surface area is 119 Å². The number of ketones is 1. The number of carbonyl (C=O) groups is 2. The van der Waals surface area contributed by atoms with Gasteiger partial charge in [-0.25, -0.2) is 0 Å². The molecular weight excluding hydrogens is 256 g/mol. The van der Waals surface area contributed by atoms with Crippen molar-refractivity contribution in [3.63, 3.8) is 0 Å². The number of rotatable bonds is 2. The summed E-state index contributed by atoms with van der Waals surface area (Å²) >= 11 is 0. The first kappa shape index (κ1) is 13.7. The first-order valence-corrected chi connectivity index (χ1v) is 7.80. The average molecular weight is 278 g/mol. The Morgan fingerprint density at radius 2 is 1.80 bits per heavy atom. The highest BCUT2D eigenvalue weighted by Crippen LogP contribution is 2.39. The van der Waals surface area contributed by atoms with Crippen molar-refractivity contribution in [1.29, 1.82) is 0 Å². The summed E-state index contributed by atoms with van der Waals surface area (Å²) in [7, 11) is 0. The second-order valence-electron chi connectivity index (χ2n) is 6.38. The Morgan fingerprint density at radius 1 is 1.10 bits per heavy atom. The van der Waals surface area contributed by atoms with Gasteiger partial charge in [0, 0.05) is 12.0 Å². The minimum Gasteiger partial charge on any atom is -0.494 e. The molecule has 0 saturated heterocycles. The van der Waals surface area contributed by atoms with Crippen LogP contribution in [0.25, 0.3) is 0 Å². The number of hydrogen-bond donors (Lipinski definition) is 1. The summed E-state index contributed by atoms with van der Waals surface area (Å²) in [6.07, 6.45) is 9.05. The van der Waals surface area contributed by atoms with Gasteiger partial charge in [0.2, 0.25) is 0 Å². The molecule has 3 rings (SSSR count). The number of aliphatic carboxylic acids is 1. The molecule has 0 aromatic rings. The van der Waals surface area contributed by atoms with E-state index in [-0.39, 0.29) is 29.6 Å². The van der Waals surface area contributed by atoms with Crippen LogP contribution >= 0.6 is 0 Å². The normalized spacial score (nSPS) is 37.6. The average Bonchev–Trinajstić information content (AvgIpc) is 2.47. The fourth-order valence-electron chi connectivity index (χ4n) is 3.86. The van der Waals surface area contributed by atoms with Crippen molar-refractivity contribution in [3.8, 4) is 0 Å². The molecule has 2 saturated carbocycles. The van der Waals surface area contributed by atoms with Gasteiger partial charge in [-0.05, 0) is 44.9 Å². The van der Waals surface area contributed by atoms with Crippen LogP contribution in [-0.4, -0.2) is 23.0 Å². The second-order valence-corrected chi connectivity index (χ2v) is 6.38. The van der Waals surface area contributed by atoms with Gasteiger partial charge in [-0.15, -0.1) is 0 Å². The Kier molecular flexibility index (Phi) is 3.81. The van der Waals surface area contributed by atoms with Gasteiger partial charge in [0.25, 0.3) is 0 Å². The highest BCUT2D eigenvalue weighted by molar-refractivity contribution is 5.93. The SMILES string of the molecule is O=C(O)C1CCC(C2=CC(=O)C3CCCCC3O2)CC1. The molecule has 2 unspecified atom stereocenters. The standard InChI is InChI=1S/C16H22O4/c17-13-9-15(20-14-4-2-1-3-12(13)14)10-5-7-11(8-6-10)16(18)19/h9-12,14H,1-8H2,(H,18,19). The van der Waals surface area contributed by atoms with Crippen LogP contribution in [-0.2, 0) is 14.3 Å². The summed E-state index contributed by atoms with van der Waals surface area (Å²) in [4.78, 5) is 23.2. The Bertz CT molecular complexity index is 432. The fourth-order valence-corrected chi connectivity index (χ4v) is 3.86. The summed E-state index contributed by atoms with van der Waals surface area (Å²) < 4.78 is 6.09. The molecule has 4 heteroatoms. The molecule has 3 aliphatic rings. The Balaban J connectivity index is 1.66. The number of hydrogen-bond acceptors (Lipinski definition) is 3. The molecule has 0 aromatic carbocycles. The third kappa shape index (κ3) is 2.60. The zero-order chi connectivity index (χ0) is 14.1. The van der Waals surface area contributed by atoms with Crippen molar-refractivity contribution in [1.82, 2.24) is 0 Å². The summed E-state index contributed by atoms with van der Waals surface area (Å²) in [5, 5.41) is 9.03. The van der Waals surface area contributed by atoms with E-state index >= 15 is 0 Å². The minimum absolute atomic E-state index is 0.0721. The molecule has 1 aliphatic heterocycles. The lowest BCUT2D eigenvalue weighted by atomic mass is 9.77. The van der Waals surface area contributed by atoms with E-state index in [0.717, 1.165) is 44.3 Å². The van der Waals surface area contributed by atoms with E-state index in [1.54, 1.807) is 6.08 Å². The highest BCUT2D eigenvalue weighted by Gasteiger charge is 2.38. The van der Waals surface area contributed by atoms with Gasteiger partial charge in [0.15, 0.2) is 5.78 Å². The molecule has 2 atom stereocenters. The third-order valence-corrected chi connectivity index (χ3v) is 5.12. The van der Waals surface area contributed by atoms with E-state index in [1.807, 2.05) is 0 Å². The monoisotopic (exact) mass is 278 g/mol. The zero-order valence-electron chi connectivity index (χ0n) is 11.7. The quantitative estimate of drug-likeness (QED) is 0.843. The lowest BCUT2D eigenvalue weighted by molar-refractivity contribution is -0.143. The second kappa shape index (κ2) is 5.58. The minimum atomic E-state index is -0.689. The van der Waals surface area contributed by atoms with Crippen molar-refractivity contribution in [2.75, 3.05) is 0 Å². The van der Waals surface area contributed by atoms with Crippen LogP contribution in [0, 0.1) is 17.8 Å². The number of ether oxygens (including phenoxy) is 1. The summed E-state index contributed by atoms with van der Waals surface area (Å²) in [5.41, 5.74) is 0. The Morgan fingerprint density at radius 3 is 2.50 bits per heavy atom. The van der Waals surface area contributed by atoms with Crippen molar-refractivity contribution in [3.05, 3.63) is 11.8 Å². The van der Waals surface area contributed by atoms with Crippen LogP contribution in [0.2, 0.25) is 0 Å². The lowest BCUT2D eigenvalue weighted by Gasteiger charge is -2.38. The number of carbonyl (C=O) groups excluding carboxylic acids is 1. The van der Waals surface area contributed by atoms with Gasteiger partial charge >= 0.3 is 5.97 Å². The van der Waals surface area contributed by atoms with Crippen LogP contribution in [0.1, 0.15) is 51.4 Å². The number of carboxylic acids is 1. The van der Waals surface area contributed by atoms with E-state index in [2.05, 4.69) is 0 Å². The van der Waals surface area contributed by atoms with Crippen molar-refractivity contribution < 1.29 is 19.4 Å². The zero-order valence-corrected chi connectivity index (χ0v) is 11.7. The van der Waals surface area contributed by atoms with E-state index in [9.17, 15) is 9.59 Å². The molecule has 0 spiro atoms. The first-order chi connectivity index (χ1) is 9.65. The van der Waals surface area contributed by atoms with Gasteiger partial charge < -0.3 is 9.84 Å². The molecule has 2 aliphatic carbocycles. The summed E-state index contributed by atoms with van der Waals surface area (Å²) in [6, 6.07) is 0. The van der Waals surface area contributed by atoms with Gasteiger partial charge in [-0.3, -0.25) is 9.59 Å². The maximum Gasteiger partial charge on any atom is 0.306 e. The Hall–Kier alpha value is -1.32. The summed E-state index contributed by atoms with van der Waals surface area (Å²) in [6.45, 7) is 0. The topological polar surface area (TPSA) is 63.6 Å². The van der Waals surface area contributed by atoms with Gasteiger partial charge in [-0.2, -0.15) is 0 Å². The van der Waals surface area contributed by atoms with Crippen LogP contribution in [0.15, 0.2) is 11.8 Å². The van der Waals surface area contributed by atoms with E-state index in [1.165, 1.54) is 0 Å². The predicted octanol–water partition coefficient (Wildman–Crippen LogP) is 2.92. The molecular formula is C16H22O4. The van der Waals surface area contributed by atoms with Crippen LogP contribution in [0.4, 0.5) is 0 Å². The smallest absolute Gasteiger partial charge is 0.306 e. The molecule has 0 bridgehead atoms. The first-order valence-electron chi connectivity index (χ1n) is 7.80. The molecule has 110 valence electrons. The molecule has 4 nitrogen and oxygen atoms in total. The fraction of sp³-hybridized carbons (Fsp3) is 0.750. The van der Waals surface area contributed by atoms with Gasteiger partial charge in [0.1, 0.15) is 11.9 Å². The molecule has 1 heterocycles. The van der Waals surface area contributed by atoms with Crippen molar-refractivity contribution >= 4 is 11.8 Å². The van der Waals surface area contributed by atoms with E-state index in [4.69, 9.17) is 9.84 Å². The molecule has 0 radical (unpaired) electrons. The van der Waals surface area contributed by atoms with Crippen LogP contribution in [0.5, 0.6) is 0 Å². The molecule has 2 fully saturated rings. The van der Waals surface area contributed by atoms with Gasteiger partial charge in [-0.1, -0.05) is 6.42 Å². The molecule has 0 amide bonds. The third-order valence-electron chi connectivity index (χ3n) is 5.12. The number of carboxylic acid groups (broad SMARTS) is 1. The van der Waals surface area contributed by atoms with Crippen LogP contribution < -0.4 is 0 Å². The van der Waals surface area contributed by atoms with E-state index in [0.29, 0.717) is 12.8 Å². The van der Waals surface area contributed by atoms with E-state index < -0.39 is 5.97 Å². The van der Waals surface area contributed by atoms with Gasteiger partial charge in [0.05, 0.1) is 11.8 Å². The largest absolute Gasteiger partial charge is 0.494 e. The number of allylic oxidation sites excluding steroid dienone is 2. The van der Waals surface area contributed by atoms with Crippen LogP contribution in [0.3, 0.4) is 0 Å². The maximum atomic E-state index is 12.2. The van der Waals surface area contributed by atoms with Crippen molar-refractivity contribution in [2.24, 2.45) is 17.8 Å². The lowest BCUT2D eigenvalue weighted by Crippen LogP contribution is -2.38. The maximum absolute atomic E-state index is 12.2. The molecule has 1 N–H and O–H groups in total. The van der Waals surface area contributed by atoms with Crippen molar-refractivity contribution in [2.45, 2.75) is 57.5 Å². The number of fused-ring (bicyclic) bond motifs is 1.